The molecule has 0 aliphatic carbocycles. The van der Waals surface area contributed by atoms with Crippen LogP contribution in [0.2, 0.25) is 0 Å². The Morgan fingerprint density at radius 2 is 1.82 bits per heavy atom. The Morgan fingerprint density at radius 1 is 1.02 bits per heavy atom. The second-order valence-electron chi connectivity index (χ2n) is 14.5. The number of aromatic amines is 2. The number of carboxylic acids is 1. The highest BCUT2D eigenvalue weighted by molar-refractivity contribution is 7.91. The number of sulfone groups is 1. The van der Waals surface area contributed by atoms with Crippen molar-refractivity contribution in [3.05, 3.63) is 106 Å². The maximum absolute atomic E-state index is 15.8. The van der Waals surface area contributed by atoms with E-state index in [0.29, 0.717) is 59.5 Å². The molecule has 0 spiro atoms. The van der Waals surface area contributed by atoms with Crippen molar-refractivity contribution in [1.82, 2.24) is 15.1 Å². The number of halogens is 2. The molecule has 4 bridgehead atoms. The van der Waals surface area contributed by atoms with Crippen LogP contribution in [0.25, 0.3) is 22.3 Å². The fraction of sp³-hybridized carbons (Fsp3) is 0.395. The van der Waals surface area contributed by atoms with Crippen LogP contribution in [0.5, 0.6) is 0 Å². The molecule has 1 unspecified atom stereocenters. The molecule has 3 heterocycles. The van der Waals surface area contributed by atoms with Gasteiger partial charge in [0, 0.05) is 29.9 Å². The Morgan fingerprint density at radius 3 is 2.59 bits per heavy atom. The molecule has 0 saturated carbocycles. The lowest BCUT2D eigenvalue weighted by molar-refractivity contribution is -0.718. The zero-order valence-electron chi connectivity index (χ0n) is 28.4. The average molecular weight is 690 g/mol. The summed E-state index contributed by atoms with van der Waals surface area (Å²) in [5.41, 5.74) is 3.11. The van der Waals surface area contributed by atoms with E-state index in [9.17, 15) is 18.3 Å². The number of rotatable bonds is 4. The largest absolute Gasteiger partial charge is 0.481 e. The third-order valence-corrected chi connectivity index (χ3v) is 12.1. The molecule has 49 heavy (non-hydrogen) atoms. The van der Waals surface area contributed by atoms with Gasteiger partial charge in [0.1, 0.15) is 24.2 Å². The number of carboxylic acid groups (broad SMARTS) is 1. The van der Waals surface area contributed by atoms with Crippen molar-refractivity contribution in [2.24, 2.45) is 12.5 Å². The van der Waals surface area contributed by atoms with E-state index in [-0.39, 0.29) is 36.3 Å². The monoisotopic (exact) mass is 689 g/mol. The van der Waals surface area contributed by atoms with Gasteiger partial charge in [0.2, 0.25) is 0 Å². The third kappa shape index (κ3) is 7.32. The van der Waals surface area contributed by atoms with Crippen molar-refractivity contribution in [3.63, 3.8) is 0 Å². The molecule has 2 aromatic heterocycles. The Kier molecular flexibility index (Phi) is 9.25. The fourth-order valence-electron chi connectivity index (χ4n) is 7.36. The zero-order chi connectivity index (χ0) is 35.1. The molecule has 6 rings (SSSR count). The normalized spacial score (nSPS) is 19.6. The first-order valence-electron chi connectivity index (χ1n) is 16.7. The van der Waals surface area contributed by atoms with Crippen molar-refractivity contribution in [1.29, 1.82) is 0 Å². The smallest absolute Gasteiger partial charge is 0.353 e. The predicted octanol–water partition coefficient (Wildman–Crippen LogP) is 6.74. The molecule has 1 aliphatic rings. The second-order valence-corrected chi connectivity index (χ2v) is 16.7. The summed E-state index contributed by atoms with van der Waals surface area (Å²) in [6.45, 7) is 5.98. The summed E-state index contributed by atoms with van der Waals surface area (Å²) in [5, 5.41) is 13.4. The van der Waals surface area contributed by atoms with Gasteiger partial charge < -0.3 is 10.1 Å². The second kappa shape index (κ2) is 13.2. The highest BCUT2D eigenvalue weighted by Gasteiger charge is 2.40. The van der Waals surface area contributed by atoms with Gasteiger partial charge in [-0.05, 0) is 95.1 Å². The summed E-state index contributed by atoms with van der Waals surface area (Å²) in [4.78, 5) is 19.4. The first kappa shape index (κ1) is 34.5. The van der Waals surface area contributed by atoms with Gasteiger partial charge in [-0.2, -0.15) is 9.78 Å². The number of carbonyl (C=O) groups is 1. The van der Waals surface area contributed by atoms with Gasteiger partial charge in [0.05, 0.1) is 16.9 Å². The summed E-state index contributed by atoms with van der Waals surface area (Å²) in [7, 11) is -1.75. The van der Waals surface area contributed by atoms with E-state index in [1.165, 1.54) is 12.1 Å². The van der Waals surface area contributed by atoms with Crippen molar-refractivity contribution in [3.8, 4) is 11.4 Å². The number of fused-ring (bicyclic) bond motifs is 8. The van der Waals surface area contributed by atoms with Gasteiger partial charge in [-0.3, -0.25) is 4.79 Å². The van der Waals surface area contributed by atoms with Gasteiger partial charge in [0.25, 0.3) is 5.82 Å². The van der Waals surface area contributed by atoms with E-state index >= 15 is 8.78 Å². The van der Waals surface area contributed by atoms with Crippen LogP contribution in [0.4, 0.5) is 8.78 Å². The summed E-state index contributed by atoms with van der Waals surface area (Å²) >= 11 is 0. The Hall–Kier alpha value is -4.38. The lowest BCUT2D eigenvalue weighted by Crippen LogP contribution is -2.35. The molecular weight excluding hydrogens is 647 g/mol. The van der Waals surface area contributed by atoms with Crippen LogP contribution in [0.1, 0.15) is 80.1 Å². The number of aryl methyl sites for hydroxylation is 3. The SMILES string of the molecule is C[n+]1[nH]c2nc1-c1cc(ccc1F)Cc1c(F)cc3[nH]ccc3c1CCS(=O)(=O)CC(C)(C)CCCC2(C)c1cccc(CCC(=O)O)c1. The molecule has 0 fully saturated rings. The molecule has 3 N–H and O–H groups in total. The van der Waals surface area contributed by atoms with Crippen LogP contribution in [0.3, 0.4) is 0 Å². The van der Waals surface area contributed by atoms with Gasteiger partial charge >= 0.3 is 11.8 Å². The van der Waals surface area contributed by atoms with Gasteiger partial charge in [-0.25, -0.2) is 17.2 Å². The van der Waals surface area contributed by atoms with Gasteiger partial charge in [0.15, 0.2) is 9.84 Å². The van der Waals surface area contributed by atoms with E-state index in [2.05, 4.69) is 17.0 Å². The minimum Gasteiger partial charge on any atom is -0.481 e. The van der Waals surface area contributed by atoms with Crippen LogP contribution in [0.15, 0.2) is 60.8 Å². The number of hydrogen-bond donors (Lipinski definition) is 3. The molecule has 3 aromatic carbocycles. The van der Waals surface area contributed by atoms with Crippen molar-refractivity contribution < 1.29 is 31.8 Å². The molecule has 11 heteroatoms. The molecule has 258 valence electrons. The Labute approximate surface area is 285 Å². The maximum Gasteiger partial charge on any atom is 0.353 e. The number of hydrogen-bond acceptors (Lipinski definition) is 4. The van der Waals surface area contributed by atoms with Crippen LogP contribution >= 0.6 is 0 Å². The van der Waals surface area contributed by atoms with E-state index in [4.69, 9.17) is 4.98 Å². The first-order valence-corrected chi connectivity index (χ1v) is 18.5. The Balaban J connectivity index is 1.50. The van der Waals surface area contributed by atoms with Crippen LogP contribution < -0.4 is 4.68 Å². The third-order valence-electron chi connectivity index (χ3n) is 10.0. The number of aliphatic carboxylic acids is 1. The van der Waals surface area contributed by atoms with E-state index < -0.39 is 38.3 Å². The van der Waals surface area contributed by atoms with Crippen molar-refractivity contribution in [2.45, 2.75) is 71.1 Å². The molecule has 1 atom stereocenters. The molecule has 0 saturated heterocycles. The molecule has 1 aliphatic heterocycles. The minimum absolute atomic E-state index is 0.00273. The predicted molar refractivity (Wildman–Crippen MR) is 185 cm³/mol. The highest BCUT2D eigenvalue weighted by Crippen LogP contribution is 2.39. The van der Waals surface area contributed by atoms with Gasteiger partial charge in [-0.1, -0.05) is 50.6 Å². The minimum atomic E-state index is -3.53. The lowest BCUT2D eigenvalue weighted by atomic mass is 9.75. The first-order chi connectivity index (χ1) is 23.1. The quantitative estimate of drug-likeness (QED) is 0.181. The van der Waals surface area contributed by atoms with Crippen LogP contribution in [-0.4, -0.2) is 46.1 Å². The van der Waals surface area contributed by atoms with Gasteiger partial charge in [-0.15, -0.1) is 0 Å². The topological polar surface area (TPSA) is 120 Å². The standard InChI is InChI=1S/C38H42F2N4O4S/c1-37(2)15-6-16-38(3,26-8-5-7-24(19-26)10-12-34(45)46)36-42-35(44(4)43-36)30-21-25(9-11-31(30)39)20-29-27(14-18-49(47,48)23-37)28-13-17-41-33(28)22-32(29)40/h5,7-9,11,13,17,19,21-22,41H,6,10,12,14-16,18,20,23H2,1-4H3,(H,45,46)/p+1. The van der Waals surface area contributed by atoms with E-state index in [0.717, 1.165) is 16.5 Å². The average Bonchev–Trinajstić information content (AvgIpc) is 3.66. The summed E-state index contributed by atoms with van der Waals surface area (Å²) in [5.74, 6) is -0.938. The maximum atomic E-state index is 15.8. The molecule has 5 aromatic rings. The zero-order valence-corrected chi connectivity index (χ0v) is 29.2. The summed E-state index contributed by atoms with van der Waals surface area (Å²) in [6, 6.07) is 15.8. The number of aromatic nitrogens is 4. The molecular formula is C38H43F2N4O4S+. The molecule has 0 amide bonds. The number of benzene rings is 3. The highest BCUT2D eigenvalue weighted by atomic mass is 32.2. The number of nitrogens with zero attached hydrogens (tertiary/aromatic N) is 2. The van der Waals surface area contributed by atoms with Crippen molar-refractivity contribution >= 4 is 26.7 Å². The fourth-order valence-corrected chi connectivity index (χ4v) is 9.36. The van der Waals surface area contributed by atoms with Crippen molar-refractivity contribution in [2.75, 3.05) is 11.5 Å². The van der Waals surface area contributed by atoms with E-state index in [1.54, 1.807) is 30.1 Å². The summed E-state index contributed by atoms with van der Waals surface area (Å²) in [6.07, 6.45) is 4.28. The number of H-pyrrole nitrogens is 2. The molecule has 0 radical (unpaired) electrons. The number of nitrogens with one attached hydrogen (secondary N) is 2. The molecule has 8 nitrogen and oxygen atoms in total. The van der Waals surface area contributed by atoms with E-state index in [1.807, 2.05) is 44.2 Å². The summed E-state index contributed by atoms with van der Waals surface area (Å²) < 4.78 is 60.4. The van der Waals surface area contributed by atoms with Crippen LogP contribution in [0, 0.1) is 17.0 Å². The Bertz CT molecular complexity index is 2150. The van der Waals surface area contributed by atoms with Crippen LogP contribution in [-0.2, 0) is 46.4 Å². The lowest BCUT2D eigenvalue weighted by Gasteiger charge is -2.29.